The highest BCUT2D eigenvalue weighted by molar-refractivity contribution is 14.1. The minimum absolute atomic E-state index is 0.667. The largest absolute Gasteiger partial charge is 0.465 e. The fourth-order valence-corrected chi connectivity index (χ4v) is 1.61. The lowest BCUT2D eigenvalue weighted by Gasteiger charge is -2.29. The molecule has 1 atom stereocenters. The summed E-state index contributed by atoms with van der Waals surface area (Å²) in [5.41, 5.74) is 0. The number of carbonyl (C=O) groups excluding carboxylic acids is 1. The Morgan fingerprint density at radius 3 is 1.94 bits per heavy atom. The highest BCUT2D eigenvalue weighted by Crippen LogP contribution is 2.48. The van der Waals surface area contributed by atoms with Crippen LogP contribution in [0.4, 0.5) is 30.7 Å². The lowest BCUT2D eigenvalue weighted by molar-refractivity contribution is -0.355. The summed E-state index contributed by atoms with van der Waals surface area (Å²) in [6, 6.07) is 0. The van der Waals surface area contributed by atoms with Gasteiger partial charge in [-0.15, -0.1) is 0 Å². The summed E-state index contributed by atoms with van der Waals surface area (Å²) in [6.45, 7) is 0.283. The van der Waals surface area contributed by atoms with Crippen molar-refractivity contribution in [1.82, 2.24) is 0 Å². The zero-order valence-corrected chi connectivity index (χ0v) is 11.0. The van der Waals surface area contributed by atoms with E-state index >= 15 is 0 Å². The average molecular weight is 396 g/mol. The van der Waals surface area contributed by atoms with Crippen LogP contribution >= 0.6 is 22.6 Å². The van der Waals surface area contributed by atoms with Gasteiger partial charge in [0.05, 0.1) is 3.92 Å². The van der Waals surface area contributed by atoms with Gasteiger partial charge in [-0.05, 0) is 0 Å². The van der Waals surface area contributed by atoms with Gasteiger partial charge in [-0.3, -0.25) is 4.79 Å². The molecule has 108 valence electrons. The average Bonchev–Trinajstić information content (AvgIpc) is 2.11. The van der Waals surface area contributed by atoms with E-state index in [1.165, 1.54) is 22.6 Å². The van der Waals surface area contributed by atoms with Crippen molar-refractivity contribution in [2.24, 2.45) is 0 Å². The molecule has 0 radical (unpaired) electrons. The fraction of sp³-hybridized carbons (Fsp3) is 0.875. The molecule has 0 bridgehead atoms. The van der Waals surface area contributed by atoms with Crippen LogP contribution in [0.2, 0.25) is 0 Å². The van der Waals surface area contributed by atoms with E-state index in [1.807, 2.05) is 0 Å². The Morgan fingerprint density at radius 2 is 1.61 bits per heavy atom. The van der Waals surface area contributed by atoms with E-state index in [9.17, 15) is 35.5 Å². The molecule has 0 aromatic heterocycles. The molecule has 2 nitrogen and oxygen atoms in total. The quantitative estimate of drug-likeness (QED) is 0.308. The van der Waals surface area contributed by atoms with Crippen molar-refractivity contribution in [2.75, 3.05) is 6.61 Å². The summed E-state index contributed by atoms with van der Waals surface area (Å²) < 4.78 is 88.9. The van der Waals surface area contributed by atoms with Crippen molar-refractivity contribution in [3.63, 3.8) is 0 Å². The molecular formula is C8H8F7IO2. The minimum Gasteiger partial charge on any atom is -0.465 e. The molecule has 0 amide bonds. The predicted octanol–water partition coefficient (Wildman–Crippen LogP) is 3.58. The van der Waals surface area contributed by atoms with Gasteiger partial charge in [0.2, 0.25) is 0 Å². The number of halogens is 8. The molecule has 18 heavy (non-hydrogen) atoms. The first-order valence-corrected chi connectivity index (χ1v) is 5.65. The Labute approximate surface area is 111 Å². The lowest BCUT2D eigenvalue weighted by Crippen LogP contribution is -2.53. The van der Waals surface area contributed by atoms with E-state index < -0.39 is 40.9 Å². The highest BCUT2D eigenvalue weighted by Gasteiger charge is 2.72. The summed E-state index contributed by atoms with van der Waals surface area (Å²) in [7, 11) is 0. The summed E-state index contributed by atoms with van der Waals surface area (Å²) in [5.74, 6) is -12.2. The van der Waals surface area contributed by atoms with Crippen LogP contribution in [0.25, 0.3) is 0 Å². The number of rotatable bonds is 5. The summed E-state index contributed by atoms with van der Waals surface area (Å²) in [5, 5.41) is 0. The Hall–Kier alpha value is -0.290. The molecule has 0 saturated carbocycles. The second kappa shape index (κ2) is 5.78. The van der Waals surface area contributed by atoms with Gasteiger partial charge in [0, 0.05) is 13.3 Å². The van der Waals surface area contributed by atoms with Gasteiger partial charge in [-0.25, -0.2) is 0 Å². The van der Waals surface area contributed by atoms with Gasteiger partial charge in [0.1, 0.15) is 6.61 Å². The molecule has 0 aromatic carbocycles. The summed E-state index contributed by atoms with van der Waals surface area (Å²) in [4.78, 5) is 10.3. The maximum atomic E-state index is 12.9. The number of hydrogen-bond acceptors (Lipinski definition) is 2. The predicted molar refractivity (Wildman–Crippen MR) is 55.0 cm³/mol. The molecule has 0 aliphatic carbocycles. The SMILES string of the molecule is CC(=O)OCC(I)CC(F)(F)C(F)(F)C(F)(F)F. The molecule has 0 aromatic rings. The van der Waals surface area contributed by atoms with Crippen LogP contribution in [0.5, 0.6) is 0 Å². The Morgan fingerprint density at radius 1 is 1.17 bits per heavy atom. The van der Waals surface area contributed by atoms with E-state index in [0.29, 0.717) is 0 Å². The van der Waals surface area contributed by atoms with E-state index in [1.54, 1.807) is 0 Å². The maximum Gasteiger partial charge on any atom is 0.459 e. The van der Waals surface area contributed by atoms with Gasteiger partial charge in [0.15, 0.2) is 0 Å². The molecule has 0 aliphatic rings. The Kier molecular flexibility index (Phi) is 5.69. The molecule has 0 saturated heterocycles. The van der Waals surface area contributed by atoms with E-state index in [4.69, 9.17) is 0 Å². The second-order valence-electron chi connectivity index (χ2n) is 3.38. The maximum absolute atomic E-state index is 12.9. The van der Waals surface area contributed by atoms with Crippen molar-refractivity contribution >= 4 is 28.6 Å². The van der Waals surface area contributed by atoms with Crippen molar-refractivity contribution in [1.29, 1.82) is 0 Å². The van der Waals surface area contributed by atoms with Crippen LogP contribution in [-0.2, 0) is 9.53 Å². The number of alkyl halides is 8. The van der Waals surface area contributed by atoms with Crippen molar-refractivity contribution < 1.29 is 40.3 Å². The fourth-order valence-electron chi connectivity index (χ4n) is 0.880. The smallest absolute Gasteiger partial charge is 0.459 e. The first-order valence-electron chi connectivity index (χ1n) is 4.41. The molecule has 0 spiro atoms. The van der Waals surface area contributed by atoms with E-state index in [-0.39, 0.29) is 0 Å². The molecule has 10 heteroatoms. The molecule has 0 heterocycles. The highest BCUT2D eigenvalue weighted by atomic mass is 127. The van der Waals surface area contributed by atoms with Gasteiger partial charge in [0.25, 0.3) is 0 Å². The van der Waals surface area contributed by atoms with Gasteiger partial charge >= 0.3 is 24.0 Å². The summed E-state index contributed by atoms with van der Waals surface area (Å²) >= 11 is 1.21. The zero-order chi connectivity index (χ0) is 14.8. The minimum atomic E-state index is -6.34. The van der Waals surface area contributed by atoms with Gasteiger partial charge < -0.3 is 4.74 Å². The van der Waals surface area contributed by atoms with Crippen molar-refractivity contribution in [3.8, 4) is 0 Å². The molecule has 0 aliphatic heterocycles. The summed E-state index contributed by atoms with van der Waals surface area (Å²) in [6.07, 6.45) is -8.10. The van der Waals surface area contributed by atoms with Crippen LogP contribution in [0, 0.1) is 0 Å². The molecule has 0 rings (SSSR count). The van der Waals surface area contributed by atoms with Gasteiger partial charge in [-0.2, -0.15) is 30.7 Å². The number of ether oxygens (including phenoxy) is 1. The third-order valence-electron chi connectivity index (χ3n) is 1.76. The Bertz CT molecular complexity index is 302. The van der Waals surface area contributed by atoms with Crippen LogP contribution in [-0.4, -0.2) is 34.5 Å². The van der Waals surface area contributed by atoms with Crippen LogP contribution < -0.4 is 0 Å². The lowest BCUT2D eigenvalue weighted by atomic mass is 10.1. The standard InChI is InChI=1S/C8H8F7IO2/c1-4(17)18-3-5(16)2-6(9,10)7(11,12)8(13,14)15/h5H,2-3H2,1H3. The monoisotopic (exact) mass is 396 g/mol. The first kappa shape index (κ1) is 17.7. The zero-order valence-electron chi connectivity index (χ0n) is 8.83. The van der Waals surface area contributed by atoms with Crippen molar-refractivity contribution in [3.05, 3.63) is 0 Å². The van der Waals surface area contributed by atoms with Gasteiger partial charge in [-0.1, -0.05) is 22.6 Å². The third kappa shape index (κ3) is 4.43. The number of carbonyl (C=O) groups is 1. The van der Waals surface area contributed by atoms with Crippen molar-refractivity contribution in [2.45, 2.75) is 35.3 Å². The first-order chi connectivity index (χ1) is 7.81. The van der Waals surface area contributed by atoms with Crippen LogP contribution in [0.1, 0.15) is 13.3 Å². The second-order valence-corrected chi connectivity index (χ2v) is 5.14. The number of hydrogen-bond donors (Lipinski definition) is 0. The third-order valence-corrected chi connectivity index (χ3v) is 2.56. The van der Waals surface area contributed by atoms with E-state index in [0.717, 1.165) is 6.92 Å². The van der Waals surface area contributed by atoms with Crippen LogP contribution in [0.3, 0.4) is 0 Å². The normalized spacial score (nSPS) is 15.4. The van der Waals surface area contributed by atoms with E-state index in [2.05, 4.69) is 4.74 Å². The topological polar surface area (TPSA) is 26.3 Å². The number of esters is 1. The molecular weight excluding hydrogens is 388 g/mol. The molecule has 0 fully saturated rings. The van der Waals surface area contributed by atoms with Crippen LogP contribution in [0.15, 0.2) is 0 Å². The molecule has 0 N–H and O–H groups in total. The molecule has 1 unspecified atom stereocenters. The Balaban J connectivity index is 4.69.